The lowest BCUT2D eigenvalue weighted by Gasteiger charge is -2.10. The van der Waals surface area contributed by atoms with Crippen LogP contribution in [0.3, 0.4) is 0 Å². The van der Waals surface area contributed by atoms with Gasteiger partial charge in [-0.25, -0.2) is 9.97 Å². The van der Waals surface area contributed by atoms with Gasteiger partial charge in [-0.1, -0.05) is 13.3 Å². The smallest absolute Gasteiger partial charge is 0.115 e. The van der Waals surface area contributed by atoms with E-state index in [4.69, 9.17) is 0 Å². The topological polar surface area (TPSA) is 37.8 Å². The lowest BCUT2D eigenvalue weighted by molar-refractivity contribution is 0.469. The van der Waals surface area contributed by atoms with Crippen LogP contribution in [0.5, 0.6) is 0 Å². The summed E-state index contributed by atoms with van der Waals surface area (Å²) in [7, 11) is 0. The fraction of sp³-hybridized carbons (Fsp3) is 0.667. The zero-order valence-electron chi connectivity index (χ0n) is 9.32. The molecule has 15 heavy (non-hydrogen) atoms. The number of rotatable bonds is 4. The van der Waals surface area contributed by atoms with Crippen LogP contribution in [0.2, 0.25) is 0 Å². The Kier molecular flexibility index (Phi) is 3.67. The second-order valence-electron chi connectivity index (χ2n) is 4.62. The van der Waals surface area contributed by atoms with Gasteiger partial charge in [0.15, 0.2) is 0 Å². The molecule has 1 aliphatic rings. The predicted molar refractivity (Wildman–Crippen MR) is 60.2 cm³/mol. The SMILES string of the molecule is CC1CCC(CNCc2ccncn2)C1. The molecule has 0 radical (unpaired) electrons. The molecule has 0 saturated heterocycles. The molecule has 2 unspecified atom stereocenters. The summed E-state index contributed by atoms with van der Waals surface area (Å²) in [5.74, 6) is 1.80. The average molecular weight is 205 g/mol. The highest BCUT2D eigenvalue weighted by atomic mass is 14.9. The minimum atomic E-state index is 0.868. The van der Waals surface area contributed by atoms with Crippen molar-refractivity contribution in [1.29, 1.82) is 0 Å². The molecule has 1 saturated carbocycles. The Morgan fingerprint density at radius 2 is 2.40 bits per heavy atom. The van der Waals surface area contributed by atoms with Gasteiger partial charge in [0.2, 0.25) is 0 Å². The van der Waals surface area contributed by atoms with Crippen LogP contribution in [0, 0.1) is 11.8 Å². The monoisotopic (exact) mass is 205 g/mol. The van der Waals surface area contributed by atoms with Crippen LogP contribution in [-0.4, -0.2) is 16.5 Å². The van der Waals surface area contributed by atoms with Crippen molar-refractivity contribution in [3.63, 3.8) is 0 Å². The van der Waals surface area contributed by atoms with E-state index in [0.717, 1.165) is 30.6 Å². The van der Waals surface area contributed by atoms with E-state index in [-0.39, 0.29) is 0 Å². The highest BCUT2D eigenvalue weighted by molar-refractivity contribution is 4.96. The van der Waals surface area contributed by atoms with Crippen LogP contribution in [0.1, 0.15) is 31.9 Å². The number of hydrogen-bond donors (Lipinski definition) is 1. The molecular formula is C12H19N3. The standard InChI is InChI=1S/C12H19N3/c1-10-2-3-11(6-10)7-14-8-12-4-5-13-9-15-12/h4-5,9-11,14H,2-3,6-8H2,1H3. The molecule has 1 aliphatic carbocycles. The van der Waals surface area contributed by atoms with Crippen LogP contribution in [0.25, 0.3) is 0 Å². The van der Waals surface area contributed by atoms with E-state index in [1.165, 1.54) is 19.3 Å². The largest absolute Gasteiger partial charge is 0.311 e. The number of nitrogens with zero attached hydrogens (tertiary/aromatic N) is 2. The first-order chi connectivity index (χ1) is 7.34. The third-order valence-corrected chi connectivity index (χ3v) is 3.19. The van der Waals surface area contributed by atoms with Gasteiger partial charge < -0.3 is 5.32 Å². The normalized spacial score (nSPS) is 25.7. The van der Waals surface area contributed by atoms with Crippen molar-refractivity contribution in [2.45, 2.75) is 32.7 Å². The Morgan fingerprint density at radius 3 is 3.07 bits per heavy atom. The van der Waals surface area contributed by atoms with Crippen LogP contribution < -0.4 is 5.32 Å². The predicted octanol–water partition coefficient (Wildman–Crippen LogP) is 2.00. The van der Waals surface area contributed by atoms with Crippen LogP contribution >= 0.6 is 0 Å². The molecule has 0 aliphatic heterocycles. The first-order valence-corrected chi connectivity index (χ1v) is 5.80. The van der Waals surface area contributed by atoms with E-state index in [1.807, 2.05) is 6.07 Å². The van der Waals surface area contributed by atoms with Gasteiger partial charge in [0.05, 0.1) is 5.69 Å². The molecule has 82 valence electrons. The minimum Gasteiger partial charge on any atom is -0.311 e. The van der Waals surface area contributed by atoms with E-state index in [2.05, 4.69) is 22.2 Å². The van der Waals surface area contributed by atoms with E-state index in [1.54, 1.807) is 12.5 Å². The Morgan fingerprint density at radius 1 is 1.47 bits per heavy atom. The number of aromatic nitrogens is 2. The highest BCUT2D eigenvalue weighted by Gasteiger charge is 2.20. The van der Waals surface area contributed by atoms with E-state index < -0.39 is 0 Å². The summed E-state index contributed by atoms with van der Waals surface area (Å²) < 4.78 is 0. The Labute approximate surface area is 91.3 Å². The van der Waals surface area contributed by atoms with Crippen molar-refractivity contribution in [3.05, 3.63) is 24.3 Å². The van der Waals surface area contributed by atoms with Crippen molar-refractivity contribution in [2.24, 2.45) is 11.8 Å². The molecular weight excluding hydrogens is 186 g/mol. The summed E-state index contributed by atoms with van der Waals surface area (Å²) in [4.78, 5) is 8.09. The summed E-state index contributed by atoms with van der Waals surface area (Å²) in [6, 6.07) is 1.96. The first kappa shape index (κ1) is 10.6. The molecule has 0 aromatic carbocycles. The molecule has 0 amide bonds. The maximum absolute atomic E-state index is 4.18. The maximum Gasteiger partial charge on any atom is 0.115 e. The Balaban J connectivity index is 1.67. The second-order valence-corrected chi connectivity index (χ2v) is 4.62. The number of hydrogen-bond acceptors (Lipinski definition) is 3. The van der Waals surface area contributed by atoms with Crippen molar-refractivity contribution < 1.29 is 0 Å². The highest BCUT2D eigenvalue weighted by Crippen LogP contribution is 2.29. The molecule has 2 atom stereocenters. The minimum absolute atomic E-state index is 0.868. The molecule has 0 bridgehead atoms. The summed E-state index contributed by atoms with van der Waals surface area (Å²) >= 11 is 0. The van der Waals surface area contributed by atoms with E-state index in [9.17, 15) is 0 Å². The molecule has 1 aromatic rings. The van der Waals surface area contributed by atoms with Gasteiger partial charge in [0, 0.05) is 12.7 Å². The molecule has 3 nitrogen and oxygen atoms in total. The van der Waals surface area contributed by atoms with Crippen LogP contribution in [0.15, 0.2) is 18.6 Å². The molecule has 0 spiro atoms. The Bertz CT molecular complexity index is 286. The molecule has 1 heterocycles. The van der Waals surface area contributed by atoms with Gasteiger partial charge in [-0.2, -0.15) is 0 Å². The third kappa shape index (κ3) is 3.27. The van der Waals surface area contributed by atoms with Crippen molar-refractivity contribution in [1.82, 2.24) is 15.3 Å². The molecule has 1 aromatic heterocycles. The van der Waals surface area contributed by atoms with Crippen molar-refractivity contribution in [2.75, 3.05) is 6.54 Å². The van der Waals surface area contributed by atoms with Gasteiger partial charge in [0.25, 0.3) is 0 Å². The molecule has 2 rings (SSSR count). The summed E-state index contributed by atoms with van der Waals surface area (Å²) in [6.45, 7) is 4.35. The molecule has 1 fully saturated rings. The second kappa shape index (κ2) is 5.21. The molecule has 1 N–H and O–H groups in total. The van der Waals surface area contributed by atoms with Crippen molar-refractivity contribution in [3.8, 4) is 0 Å². The fourth-order valence-corrected chi connectivity index (χ4v) is 2.34. The van der Waals surface area contributed by atoms with Crippen LogP contribution in [0.4, 0.5) is 0 Å². The van der Waals surface area contributed by atoms with Gasteiger partial charge in [-0.3, -0.25) is 0 Å². The van der Waals surface area contributed by atoms with E-state index >= 15 is 0 Å². The van der Waals surface area contributed by atoms with Gasteiger partial charge in [0.1, 0.15) is 6.33 Å². The quantitative estimate of drug-likeness (QED) is 0.817. The lowest BCUT2D eigenvalue weighted by atomic mass is 10.1. The lowest BCUT2D eigenvalue weighted by Crippen LogP contribution is -2.21. The zero-order valence-corrected chi connectivity index (χ0v) is 9.32. The summed E-state index contributed by atoms with van der Waals surface area (Å²) in [5.41, 5.74) is 1.08. The zero-order chi connectivity index (χ0) is 10.5. The fourth-order valence-electron chi connectivity index (χ4n) is 2.34. The molecule has 3 heteroatoms. The van der Waals surface area contributed by atoms with Crippen molar-refractivity contribution >= 4 is 0 Å². The number of nitrogens with one attached hydrogen (secondary N) is 1. The summed E-state index contributed by atoms with van der Waals surface area (Å²) in [6.07, 6.45) is 7.57. The maximum atomic E-state index is 4.18. The van der Waals surface area contributed by atoms with Gasteiger partial charge in [-0.05, 0) is 37.3 Å². The Hall–Kier alpha value is -0.960. The third-order valence-electron chi connectivity index (χ3n) is 3.19. The van der Waals surface area contributed by atoms with E-state index in [0.29, 0.717) is 0 Å². The average Bonchev–Trinajstić information content (AvgIpc) is 2.66. The summed E-state index contributed by atoms with van der Waals surface area (Å²) in [5, 5.41) is 3.47. The van der Waals surface area contributed by atoms with Crippen LogP contribution in [-0.2, 0) is 6.54 Å². The van der Waals surface area contributed by atoms with Gasteiger partial charge in [-0.15, -0.1) is 0 Å². The first-order valence-electron chi connectivity index (χ1n) is 5.80. The van der Waals surface area contributed by atoms with Gasteiger partial charge >= 0.3 is 0 Å².